The highest BCUT2D eigenvalue weighted by molar-refractivity contribution is 14.0. The highest BCUT2D eigenvalue weighted by Crippen LogP contribution is 2.36. The van der Waals surface area contributed by atoms with Gasteiger partial charge in [0.2, 0.25) is 5.75 Å². The van der Waals surface area contributed by atoms with Gasteiger partial charge in [-0.25, -0.2) is 0 Å². The van der Waals surface area contributed by atoms with Gasteiger partial charge in [0.25, 0.3) is 0 Å². The summed E-state index contributed by atoms with van der Waals surface area (Å²) in [6.07, 6.45) is 2.04. The van der Waals surface area contributed by atoms with Gasteiger partial charge in [0.1, 0.15) is 0 Å². The summed E-state index contributed by atoms with van der Waals surface area (Å²) in [4.78, 5) is 4.23. The molecule has 0 fully saturated rings. The van der Waals surface area contributed by atoms with E-state index in [1.165, 1.54) is 19.8 Å². The lowest BCUT2D eigenvalue weighted by Gasteiger charge is -2.14. The normalized spacial score (nSPS) is 10.7. The molecule has 0 heterocycles. The van der Waals surface area contributed by atoms with Gasteiger partial charge in [-0.05, 0) is 36.1 Å². The number of benzene rings is 2. The van der Waals surface area contributed by atoms with Crippen LogP contribution in [0.15, 0.2) is 47.5 Å². The molecule has 0 spiro atoms. The van der Waals surface area contributed by atoms with E-state index < -0.39 is 0 Å². The van der Waals surface area contributed by atoms with Crippen molar-refractivity contribution in [3.63, 3.8) is 0 Å². The van der Waals surface area contributed by atoms with Crippen LogP contribution in [0, 0.1) is 0 Å². The van der Waals surface area contributed by atoms with E-state index in [0.717, 1.165) is 30.9 Å². The molecule has 0 aliphatic heterocycles. The first-order chi connectivity index (χ1) is 12.7. The number of methoxy groups -OCH3 is 2. The molecule has 3 N–H and O–H groups in total. The summed E-state index contributed by atoms with van der Waals surface area (Å²) >= 11 is 0. The molecule has 0 radical (unpaired) electrons. The maximum Gasteiger partial charge on any atom is 0.200 e. The summed E-state index contributed by atoms with van der Waals surface area (Å²) < 4.78 is 10.4. The molecular weight excluding hydrogens is 457 g/mol. The minimum absolute atomic E-state index is 0. The number of hydrogen-bond acceptors (Lipinski definition) is 4. The van der Waals surface area contributed by atoms with Crippen LogP contribution in [0.5, 0.6) is 17.2 Å². The number of nitrogens with zero attached hydrogens (tertiary/aromatic N) is 1. The second-order valence-electron chi connectivity index (χ2n) is 5.79. The summed E-state index contributed by atoms with van der Waals surface area (Å²) in [5.41, 5.74) is 2.25. The molecule has 6 nitrogen and oxygen atoms in total. The van der Waals surface area contributed by atoms with Gasteiger partial charge in [-0.15, -0.1) is 24.0 Å². The van der Waals surface area contributed by atoms with Gasteiger partial charge in [0.05, 0.1) is 14.2 Å². The van der Waals surface area contributed by atoms with Gasteiger partial charge in [-0.3, -0.25) is 4.99 Å². The van der Waals surface area contributed by atoms with E-state index in [1.807, 2.05) is 6.07 Å². The molecule has 7 heteroatoms. The first-order valence-electron chi connectivity index (χ1n) is 8.60. The Labute approximate surface area is 178 Å². The van der Waals surface area contributed by atoms with Crippen molar-refractivity contribution in [3.8, 4) is 17.2 Å². The quantitative estimate of drug-likeness (QED) is 0.232. The lowest BCUT2D eigenvalue weighted by atomic mass is 10.1. The van der Waals surface area contributed by atoms with Gasteiger partial charge >= 0.3 is 0 Å². The van der Waals surface area contributed by atoms with Crippen LogP contribution < -0.4 is 20.1 Å². The molecule has 0 unspecified atom stereocenters. The average Bonchev–Trinajstić information content (AvgIpc) is 2.69. The second kappa shape index (κ2) is 12.3. The Morgan fingerprint density at radius 2 is 1.63 bits per heavy atom. The molecule has 2 aromatic carbocycles. The van der Waals surface area contributed by atoms with E-state index in [0.29, 0.717) is 18.0 Å². The van der Waals surface area contributed by atoms with Gasteiger partial charge in [0, 0.05) is 20.1 Å². The van der Waals surface area contributed by atoms with Crippen LogP contribution in [0.25, 0.3) is 0 Å². The minimum atomic E-state index is 0. The SMILES string of the molecule is CN=C(NCCCc1ccccc1)NCc1cc(OC)c(O)c(OC)c1.I. The van der Waals surface area contributed by atoms with Crippen molar-refractivity contribution in [1.29, 1.82) is 0 Å². The lowest BCUT2D eigenvalue weighted by Crippen LogP contribution is -2.37. The molecule has 0 bridgehead atoms. The topological polar surface area (TPSA) is 75.1 Å². The molecule has 0 amide bonds. The van der Waals surface area contributed by atoms with Crippen molar-refractivity contribution in [2.24, 2.45) is 4.99 Å². The number of ether oxygens (including phenoxy) is 2. The number of aliphatic imine (C=N–C) groups is 1. The van der Waals surface area contributed by atoms with E-state index in [2.05, 4.69) is 39.9 Å². The van der Waals surface area contributed by atoms with E-state index in [-0.39, 0.29) is 29.7 Å². The van der Waals surface area contributed by atoms with Gasteiger partial charge in [-0.2, -0.15) is 0 Å². The third kappa shape index (κ3) is 7.16. The number of hydrogen-bond donors (Lipinski definition) is 3. The van der Waals surface area contributed by atoms with Crippen LogP contribution in [0.3, 0.4) is 0 Å². The van der Waals surface area contributed by atoms with Crippen molar-refractivity contribution < 1.29 is 14.6 Å². The molecule has 148 valence electrons. The maximum atomic E-state index is 9.97. The summed E-state index contributed by atoms with van der Waals surface area (Å²) in [5.74, 6) is 1.49. The number of guanidine groups is 1. The molecular formula is C20H28IN3O3. The molecule has 27 heavy (non-hydrogen) atoms. The maximum absolute atomic E-state index is 9.97. The van der Waals surface area contributed by atoms with E-state index in [1.54, 1.807) is 19.2 Å². The van der Waals surface area contributed by atoms with E-state index in [9.17, 15) is 5.11 Å². The molecule has 2 aromatic rings. The Kier molecular flexibility index (Phi) is 10.4. The Morgan fingerprint density at radius 3 is 2.19 bits per heavy atom. The van der Waals surface area contributed by atoms with Crippen molar-refractivity contribution in [2.45, 2.75) is 19.4 Å². The third-order valence-electron chi connectivity index (χ3n) is 4.00. The Bertz CT molecular complexity index is 699. The summed E-state index contributed by atoms with van der Waals surface area (Å²) in [6, 6.07) is 14.0. The fourth-order valence-electron chi connectivity index (χ4n) is 2.60. The molecule has 2 rings (SSSR count). The van der Waals surface area contributed by atoms with E-state index in [4.69, 9.17) is 9.47 Å². The van der Waals surface area contributed by atoms with Crippen molar-refractivity contribution in [2.75, 3.05) is 27.8 Å². The van der Waals surface area contributed by atoms with Crippen LogP contribution in [0.2, 0.25) is 0 Å². The highest BCUT2D eigenvalue weighted by atomic mass is 127. The third-order valence-corrected chi connectivity index (χ3v) is 4.00. The van der Waals surface area contributed by atoms with Crippen LogP contribution in [0.4, 0.5) is 0 Å². The van der Waals surface area contributed by atoms with Gasteiger partial charge < -0.3 is 25.2 Å². The van der Waals surface area contributed by atoms with Crippen molar-refractivity contribution in [3.05, 3.63) is 53.6 Å². The zero-order valence-electron chi connectivity index (χ0n) is 16.0. The number of aryl methyl sites for hydroxylation is 1. The fourth-order valence-corrected chi connectivity index (χ4v) is 2.60. The number of halogens is 1. The number of aromatic hydroxyl groups is 1. The monoisotopic (exact) mass is 485 g/mol. The van der Waals surface area contributed by atoms with Crippen LogP contribution in [-0.2, 0) is 13.0 Å². The molecule has 0 aromatic heterocycles. The number of rotatable bonds is 8. The Morgan fingerprint density at radius 1 is 1.00 bits per heavy atom. The Hall–Kier alpha value is -2.16. The molecule has 0 aliphatic carbocycles. The number of nitrogens with one attached hydrogen (secondary N) is 2. The highest BCUT2D eigenvalue weighted by Gasteiger charge is 2.11. The number of phenolic OH excluding ortho intramolecular Hbond substituents is 1. The zero-order valence-corrected chi connectivity index (χ0v) is 18.3. The molecule has 0 aliphatic rings. The van der Waals surface area contributed by atoms with Gasteiger partial charge in [-0.1, -0.05) is 30.3 Å². The summed E-state index contributed by atoms with van der Waals surface area (Å²) in [7, 11) is 4.77. The molecule has 0 atom stereocenters. The molecule has 0 saturated carbocycles. The van der Waals surface area contributed by atoms with Crippen LogP contribution in [0.1, 0.15) is 17.5 Å². The standard InChI is InChI=1S/C20H27N3O3.HI/c1-21-20(22-11-7-10-15-8-5-4-6-9-15)23-14-16-12-17(25-2)19(24)18(13-16)26-3;/h4-6,8-9,12-13,24H,7,10-11,14H2,1-3H3,(H2,21,22,23);1H. The Balaban J connectivity index is 0.00000364. The average molecular weight is 485 g/mol. The van der Waals surface area contributed by atoms with Crippen LogP contribution in [-0.4, -0.2) is 38.9 Å². The largest absolute Gasteiger partial charge is 0.502 e. The molecule has 0 saturated heterocycles. The van der Waals surface area contributed by atoms with Gasteiger partial charge in [0.15, 0.2) is 17.5 Å². The smallest absolute Gasteiger partial charge is 0.200 e. The predicted molar refractivity (Wildman–Crippen MR) is 120 cm³/mol. The first kappa shape index (κ1) is 22.9. The predicted octanol–water partition coefficient (Wildman–Crippen LogP) is 3.33. The van der Waals surface area contributed by atoms with Crippen molar-refractivity contribution >= 4 is 29.9 Å². The number of phenols is 1. The summed E-state index contributed by atoms with van der Waals surface area (Å²) in [6.45, 7) is 1.36. The van der Waals surface area contributed by atoms with E-state index >= 15 is 0 Å². The zero-order chi connectivity index (χ0) is 18.8. The minimum Gasteiger partial charge on any atom is -0.502 e. The second-order valence-corrected chi connectivity index (χ2v) is 5.79. The fraction of sp³-hybridized carbons (Fsp3) is 0.350. The van der Waals surface area contributed by atoms with Crippen molar-refractivity contribution in [1.82, 2.24) is 10.6 Å². The first-order valence-corrected chi connectivity index (χ1v) is 8.60. The van der Waals surface area contributed by atoms with Crippen LogP contribution >= 0.6 is 24.0 Å². The summed E-state index contributed by atoms with van der Waals surface area (Å²) in [5, 5.41) is 16.5. The lowest BCUT2D eigenvalue weighted by molar-refractivity contribution is 0.339.